The number of rotatable bonds is 11. The summed E-state index contributed by atoms with van der Waals surface area (Å²) in [4.78, 5) is 35.8. The Morgan fingerprint density at radius 2 is 1.89 bits per heavy atom. The van der Waals surface area contributed by atoms with Crippen LogP contribution in [0, 0.1) is 5.92 Å². The topological polar surface area (TPSA) is 90.9 Å². The molecule has 0 aromatic heterocycles. The number of amides is 2. The smallest absolute Gasteiger partial charge is 0.311 e. The summed E-state index contributed by atoms with van der Waals surface area (Å²) in [6.45, 7) is 2.10. The minimum atomic E-state index is -0.689. The minimum Gasteiger partial charge on any atom is -0.491 e. The van der Waals surface area contributed by atoms with Crippen molar-refractivity contribution in [3.8, 4) is 5.75 Å². The normalized spacial score (nSPS) is 19.7. The lowest BCUT2D eigenvalue weighted by atomic mass is 10.1. The lowest BCUT2D eigenvalue weighted by Crippen LogP contribution is -2.28. The fourth-order valence-corrected chi connectivity index (χ4v) is 5.39. The van der Waals surface area contributed by atoms with Gasteiger partial charge in [-0.25, -0.2) is 0 Å². The number of carbonyl (C=O) groups is 3. The largest absolute Gasteiger partial charge is 0.491 e. The van der Waals surface area contributed by atoms with Crippen molar-refractivity contribution in [1.29, 1.82) is 0 Å². The molecule has 2 aromatic rings. The fourth-order valence-electron chi connectivity index (χ4n) is 4.33. The van der Waals surface area contributed by atoms with Gasteiger partial charge in [-0.2, -0.15) is 0 Å². The van der Waals surface area contributed by atoms with E-state index >= 15 is 0 Å². The Morgan fingerprint density at radius 3 is 2.53 bits per heavy atom. The van der Waals surface area contributed by atoms with E-state index in [0.29, 0.717) is 23.6 Å². The molecular formula is C27H30ClNO6S. The van der Waals surface area contributed by atoms with Crippen molar-refractivity contribution < 1.29 is 28.6 Å². The zero-order valence-corrected chi connectivity index (χ0v) is 21.7. The number of benzene rings is 2. The highest BCUT2D eigenvalue weighted by Crippen LogP contribution is 2.29. The summed E-state index contributed by atoms with van der Waals surface area (Å²) in [7, 11) is 0. The van der Waals surface area contributed by atoms with Gasteiger partial charge in [0.2, 0.25) is 12.2 Å². The second kappa shape index (κ2) is 12.6. The number of hydrogen-bond donors (Lipinski definition) is 1. The highest BCUT2D eigenvalue weighted by atomic mass is 35.5. The Bertz CT molecular complexity index is 1070. The van der Waals surface area contributed by atoms with Gasteiger partial charge in [-0.1, -0.05) is 67.4 Å². The average Bonchev–Trinajstić information content (AvgIpc) is 3.51. The molecule has 2 amide bonds. The third-order valence-corrected chi connectivity index (χ3v) is 7.54. The first-order valence-electron chi connectivity index (χ1n) is 12.3. The molecule has 192 valence electrons. The van der Waals surface area contributed by atoms with Gasteiger partial charge in [-0.05, 0) is 54.7 Å². The summed E-state index contributed by atoms with van der Waals surface area (Å²) in [6, 6.07) is 14.7. The maximum Gasteiger partial charge on any atom is 0.311 e. The van der Waals surface area contributed by atoms with Gasteiger partial charge in [0.1, 0.15) is 18.5 Å². The number of imide groups is 1. The third-order valence-electron chi connectivity index (χ3n) is 6.32. The van der Waals surface area contributed by atoms with E-state index in [1.165, 1.54) is 0 Å². The lowest BCUT2D eigenvalue weighted by Gasteiger charge is -2.25. The molecule has 2 aliphatic rings. The molecule has 4 rings (SSSR count). The SMILES string of the molecule is CCC(OC(=O)C1CCCC1)OC(COc1ccc(CC2SC(=O)NC2=O)cc1)c1cccc(Cl)c1. The van der Waals surface area contributed by atoms with Crippen molar-refractivity contribution in [2.75, 3.05) is 6.61 Å². The molecule has 3 atom stereocenters. The second-order valence-electron chi connectivity index (χ2n) is 8.98. The van der Waals surface area contributed by atoms with Crippen LogP contribution in [0.25, 0.3) is 0 Å². The van der Waals surface area contributed by atoms with Gasteiger partial charge in [-0.3, -0.25) is 19.7 Å². The van der Waals surface area contributed by atoms with Crippen molar-refractivity contribution >= 4 is 40.5 Å². The van der Waals surface area contributed by atoms with Crippen molar-refractivity contribution in [2.24, 2.45) is 5.92 Å². The Balaban J connectivity index is 1.39. The number of esters is 1. The molecule has 0 spiro atoms. The van der Waals surface area contributed by atoms with Crippen LogP contribution in [0.2, 0.25) is 5.02 Å². The molecule has 1 aliphatic heterocycles. The molecule has 1 aliphatic carbocycles. The molecule has 3 unspecified atom stereocenters. The Morgan fingerprint density at radius 1 is 1.14 bits per heavy atom. The van der Waals surface area contributed by atoms with Gasteiger partial charge in [0.25, 0.3) is 5.24 Å². The van der Waals surface area contributed by atoms with E-state index in [1.807, 2.05) is 49.4 Å². The molecular weight excluding hydrogens is 502 g/mol. The van der Waals surface area contributed by atoms with Crippen molar-refractivity contribution in [3.63, 3.8) is 0 Å². The number of hydrogen-bond acceptors (Lipinski definition) is 7. The van der Waals surface area contributed by atoms with E-state index in [2.05, 4.69) is 5.32 Å². The predicted molar refractivity (Wildman–Crippen MR) is 138 cm³/mol. The molecule has 0 bridgehead atoms. The first kappa shape index (κ1) is 26.5. The monoisotopic (exact) mass is 531 g/mol. The molecule has 2 aromatic carbocycles. The van der Waals surface area contributed by atoms with Crippen LogP contribution < -0.4 is 10.1 Å². The average molecular weight is 532 g/mol. The summed E-state index contributed by atoms with van der Waals surface area (Å²) in [5.41, 5.74) is 1.75. The molecule has 7 nitrogen and oxygen atoms in total. The van der Waals surface area contributed by atoms with Crippen LogP contribution in [0.15, 0.2) is 48.5 Å². The molecule has 36 heavy (non-hydrogen) atoms. The molecule has 9 heteroatoms. The van der Waals surface area contributed by atoms with Crippen molar-refractivity contribution in [1.82, 2.24) is 5.32 Å². The Hall–Kier alpha value is -2.55. The zero-order valence-electron chi connectivity index (χ0n) is 20.1. The summed E-state index contributed by atoms with van der Waals surface area (Å²) >= 11 is 7.23. The second-order valence-corrected chi connectivity index (χ2v) is 10.6. The number of thioether (sulfide) groups is 1. The Labute approximate surface area is 220 Å². The summed E-state index contributed by atoms with van der Waals surface area (Å²) in [5.74, 6) is 0.126. The fraction of sp³-hybridized carbons (Fsp3) is 0.444. The summed E-state index contributed by atoms with van der Waals surface area (Å²) in [5, 5.41) is 2.16. The van der Waals surface area contributed by atoms with E-state index in [1.54, 1.807) is 6.07 Å². The van der Waals surface area contributed by atoms with E-state index < -0.39 is 17.6 Å². The van der Waals surface area contributed by atoms with Crippen LogP contribution in [-0.4, -0.2) is 35.3 Å². The van der Waals surface area contributed by atoms with E-state index in [-0.39, 0.29) is 29.6 Å². The quantitative estimate of drug-likeness (QED) is 0.287. The van der Waals surface area contributed by atoms with Crippen LogP contribution in [0.5, 0.6) is 5.75 Å². The molecule has 2 fully saturated rings. The maximum atomic E-state index is 12.6. The first-order valence-corrected chi connectivity index (χ1v) is 13.5. The van der Waals surface area contributed by atoms with Gasteiger partial charge in [0, 0.05) is 11.4 Å². The summed E-state index contributed by atoms with van der Waals surface area (Å²) in [6.07, 6.45) is 3.62. The highest BCUT2D eigenvalue weighted by Gasteiger charge is 2.31. The molecule has 1 saturated carbocycles. The van der Waals surface area contributed by atoms with Gasteiger partial charge in [-0.15, -0.1) is 0 Å². The van der Waals surface area contributed by atoms with Gasteiger partial charge >= 0.3 is 5.97 Å². The Kier molecular flexibility index (Phi) is 9.29. The van der Waals surface area contributed by atoms with Crippen LogP contribution in [0.3, 0.4) is 0 Å². The van der Waals surface area contributed by atoms with Crippen LogP contribution >= 0.6 is 23.4 Å². The van der Waals surface area contributed by atoms with Crippen molar-refractivity contribution in [3.05, 3.63) is 64.7 Å². The number of carbonyl (C=O) groups excluding carboxylic acids is 3. The number of halogens is 1. The number of ether oxygens (including phenoxy) is 3. The van der Waals surface area contributed by atoms with Gasteiger partial charge in [0.05, 0.1) is 11.2 Å². The van der Waals surface area contributed by atoms with Gasteiger partial charge in [0.15, 0.2) is 0 Å². The van der Waals surface area contributed by atoms with E-state index in [4.69, 9.17) is 25.8 Å². The van der Waals surface area contributed by atoms with E-state index in [0.717, 1.165) is 48.6 Å². The minimum absolute atomic E-state index is 0.0473. The molecule has 0 radical (unpaired) electrons. The third kappa shape index (κ3) is 7.24. The van der Waals surface area contributed by atoms with Crippen LogP contribution in [0.4, 0.5) is 4.79 Å². The standard InChI is InChI=1S/C27H30ClNO6S/c1-2-24(35-26(31)18-6-3-4-7-18)34-22(19-8-5-9-20(28)15-19)16-33-21-12-10-17(11-13-21)14-23-25(30)29-27(32)36-23/h5,8-13,15,18,22-24H,2-4,6-7,14,16H2,1H3,(H,29,30,32). The van der Waals surface area contributed by atoms with Crippen LogP contribution in [-0.2, 0) is 25.5 Å². The van der Waals surface area contributed by atoms with Gasteiger partial charge < -0.3 is 14.2 Å². The molecule has 1 heterocycles. The number of nitrogens with one attached hydrogen (secondary N) is 1. The highest BCUT2D eigenvalue weighted by molar-refractivity contribution is 8.15. The summed E-state index contributed by atoms with van der Waals surface area (Å²) < 4.78 is 18.0. The molecule has 1 saturated heterocycles. The van der Waals surface area contributed by atoms with E-state index in [9.17, 15) is 14.4 Å². The zero-order chi connectivity index (χ0) is 25.5. The first-order chi connectivity index (χ1) is 17.4. The predicted octanol–water partition coefficient (Wildman–Crippen LogP) is 5.84. The maximum absolute atomic E-state index is 12.6. The lowest BCUT2D eigenvalue weighted by molar-refractivity contribution is -0.198. The molecule has 1 N–H and O–H groups in total. The van der Waals surface area contributed by atoms with Crippen LogP contribution in [0.1, 0.15) is 56.3 Å². The van der Waals surface area contributed by atoms with Crippen molar-refractivity contribution in [2.45, 2.75) is 63.1 Å².